The number of nitrogens with zero attached hydrogens (tertiary/aromatic N) is 4. The van der Waals surface area contributed by atoms with Crippen molar-refractivity contribution in [1.82, 2.24) is 19.4 Å². The number of fused-ring (bicyclic) bond motifs is 1. The largest absolute Gasteiger partial charge is 0.481 e. The number of hydrogen-bond acceptors (Lipinski definition) is 7. The van der Waals surface area contributed by atoms with Gasteiger partial charge < -0.3 is 24.6 Å². The SMILES string of the molecule is CC(=O)O.CC(=O)O.OCC[C@H]1CN2C[C@H](n3ccnc3-c3ccc(-c4ccccn4)cc3)C[C@H]2CO1. The topological polar surface area (TPSA) is 138 Å². The van der Waals surface area contributed by atoms with Crippen LogP contribution in [0, 0.1) is 0 Å². The number of aliphatic hydroxyl groups excluding tert-OH is 1. The molecule has 2 aliphatic heterocycles. The Labute approximate surface area is 216 Å². The molecule has 3 aromatic rings. The molecule has 5 rings (SSSR count). The number of morpholine rings is 1. The normalized spacial score (nSPS) is 20.6. The zero-order valence-corrected chi connectivity index (χ0v) is 21.1. The minimum atomic E-state index is -0.833. The van der Waals surface area contributed by atoms with Crippen LogP contribution in [-0.4, -0.2) is 85.1 Å². The molecule has 0 bridgehead atoms. The average molecular weight is 511 g/mol. The smallest absolute Gasteiger partial charge is 0.300 e. The second kappa shape index (κ2) is 13.6. The summed E-state index contributed by atoms with van der Waals surface area (Å²) in [5.74, 6) is -0.657. The van der Waals surface area contributed by atoms with Crippen molar-refractivity contribution < 1.29 is 29.6 Å². The second-order valence-corrected chi connectivity index (χ2v) is 8.95. The Hall–Kier alpha value is -3.60. The third kappa shape index (κ3) is 8.21. The molecule has 10 nitrogen and oxygen atoms in total. The van der Waals surface area contributed by atoms with Crippen molar-refractivity contribution in [3.8, 4) is 22.6 Å². The van der Waals surface area contributed by atoms with E-state index in [4.69, 9.17) is 24.5 Å². The van der Waals surface area contributed by atoms with Crippen LogP contribution in [0.2, 0.25) is 0 Å². The maximum Gasteiger partial charge on any atom is 0.300 e. The Balaban J connectivity index is 0.000000420. The van der Waals surface area contributed by atoms with Gasteiger partial charge >= 0.3 is 0 Å². The molecule has 2 fully saturated rings. The second-order valence-electron chi connectivity index (χ2n) is 8.95. The number of carbonyl (C=O) groups is 2. The molecule has 37 heavy (non-hydrogen) atoms. The highest BCUT2D eigenvalue weighted by Gasteiger charge is 2.38. The molecule has 10 heteroatoms. The molecule has 0 radical (unpaired) electrons. The van der Waals surface area contributed by atoms with Crippen LogP contribution in [0.1, 0.15) is 32.7 Å². The Kier molecular flexibility index (Phi) is 10.3. The van der Waals surface area contributed by atoms with Crippen LogP contribution < -0.4 is 0 Å². The van der Waals surface area contributed by atoms with E-state index >= 15 is 0 Å². The van der Waals surface area contributed by atoms with Gasteiger partial charge in [0.15, 0.2) is 0 Å². The number of pyridine rings is 1. The molecule has 0 amide bonds. The molecule has 3 N–H and O–H groups in total. The van der Waals surface area contributed by atoms with Crippen LogP contribution in [0.25, 0.3) is 22.6 Å². The molecule has 3 atom stereocenters. The molecule has 0 unspecified atom stereocenters. The first-order chi connectivity index (χ1) is 17.8. The fourth-order valence-electron chi connectivity index (χ4n) is 4.59. The van der Waals surface area contributed by atoms with E-state index in [0.717, 1.165) is 62.6 Å². The zero-order chi connectivity index (χ0) is 26.8. The number of rotatable bonds is 5. The summed E-state index contributed by atoms with van der Waals surface area (Å²) < 4.78 is 8.25. The maximum atomic E-state index is 9.20. The fraction of sp³-hybridized carbons (Fsp3) is 0.407. The van der Waals surface area contributed by atoms with Gasteiger partial charge in [-0.15, -0.1) is 0 Å². The predicted octanol–water partition coefficient (Wildman–Crippen LogP) is 3.19. The van der Waals surface area contributed by atoms with E-state index in [0.29, 0.717) is 18.5 Å². The Bertz CT molecular complexity index is 1120. The number of ether oxygens (including phenoxy) is 1. The first kappa shape index (κ1) is 28.0. The number of hydrogen-bond donors (Lipinski definition) is 3. The molecule has 0 saturated carbocycles. The molecular weight excluding hydrogens is 476 g/mol. The third-order valence-corrected chi connectivity index (χ3v) is 6.09. The standard InChI is InChI=1S/C23H26N4O2.2C2H4O2/c28-12-8-21-15-26-14-19(13-20(26)16-29-21)27-11-10-25-23(27)18-6-4-17(5-7-18)22-3-1-2-9-24-22;2*1-2(3)4/h1-7,9-11,19-21,28H,8,12-16H2;2*1H3,(H,3,4)/t19-,20+,21+;;/m1../s1. The lowest BCUT2D eigenvalue weighted by Gasteiger charge is -2.34. The minimum absolute atomic E-state index is 0.149. The molecule has 0 spiro atoms. The molecule has 2 aliphatic rings. The molecule has 0 aliphatic carbocycles. The van der Waals surface area contributed by atoms with Crippen LogP contribution in [0.5, 0.6) is 0 Å². The van der Waals surface area contributed by atoms with Gasteiger partial charge in [-0.05, 0) is 25.0 Å². The average Bonchev–Trinajstić information content (AvgIpc) is 3.51. The van der Waals surface area contributed by atoms with Crippen molar-refractivity contribution in [1.29, 1.82) is 0 Å². The highest BCUT2D eigenvalue weighted by molar-refractivity contribution is 5.65. The van der Waals surface area contributed by atoms with Gasteiger partial charge in [0.05, 0.1) is 18.4 Å². The van der Waals surface area contributed by atoms with E-state index < -0.39 is 11.9 Å². The number of aliphatic hydroxyl groups is 1. The number of aromatic nitrogens is 3. The summed E-state index contributed by atoms with van der Waals surface area (Å²) in [4.78, 5) is 29.6. The van der Waals surface area contributed by atoms with Gasteiger partial charge in [0.25, 0.3) is 11.9 Å². The van der Waals surface area contributed by atoms with E-state index in [2.05, 4.69) is 49.9 Å². The van der Waals surface area contributed by atoms with E-state index in [1.54, 1.807) is 0 Å². The zero-order valence-electron chi connectivity index (χ0n) is 21.1. The first-order valence-electron chi connectivity index (χ1n) is 12.2. The van der Waals surface area contributed by atoms with Crippen LogP contribution >= 0.6 is 0 Å². The van der Waals surface area contributed by atoms with Gasteiger partial charge in [-0.3, -0.25) is 19.5 Å². The van der Waals surface area contributed by atoms with Crippen molar-refractivity contribution in [2.75, 3.05) is 26.3 Å². The van der Waals surface area contributed by atoms with Gasteiger partial charge in [-0.1, -0.05) is 30.3 Å². The molecule has 1 aromatic carbocycles. The van der Waals surface area contributed by atoms with Crippen molar-refractivity contribution >= 4 is 11.9 Å². The lowest BCUT2D eigenvalue weighted by atomic mass is 10.1. The van der Waals surface area contributed by atoms with Crippen molar-refractivity contribution in [3.63, 3.8) is 0 Å². The van der Waals surface area contributed by atoms with Crippen LogP contribution in [0.15, 0.2) is 61.1 Å². The summed E-state index contributed by atoms with van der Waals surface area (Å²) in [6.45, 7) is 5.02. The number of imidazole rings is 1. The summed E-state index contributed by atoms with van der Waals surface area (Å²) in [5.41, 5.74) is 3.21. The fourth-order valence-corrected chi connectivity index (χ4v) is 4.59. The molecule has 2 aromatic heterocycles. The maximum absolute atomic E-state index is 9.20. The highest BCUT2D eigenvalue weighted by Crippen LogP contribution is 2.34. The van der Waals surface area contributed by atoms with Crippen LogP contribution in [0.3, 0.4) is 0 Å². The van der Waals surface area contributed by atoms with Gasteiger partial charge in [0.1, 0.15) is 5.82 Å². The summed E-state index contributed by atoms with van der Waals surface area (Å²) in [6, 6.07) is 15.3. The lowest BCUT2D eigenvalue weighted by molar-refractivity contribution is -0.135. The van der Waals surface area contributed by atoms with Crippen LogP contribution in [0.4, 0.5) is 0 Å². The quantitative estimate of drug-likeness (QED) is 0.472. The summed E-state index contributed by atoms with van der Waals surface area (Å²) in [7, 11) is 0. The van der Waals surface area contributed by atoms with Gasteiger partial charge in [0.2, 0.25) is 0 Å². The van der Waals surface area contributed by atoms with E-state index in [-0.39, 0.29) is 12.7 Å². The van der Waals surface area contributed by atoms with Crippen molar-refractivity contribution in [2.45, 2.75) is 44.9 Å². The van der Waals surface area contributed by atoms with Crippen molar-refractivity contribution in [3.05, 3.63) is 61.1 Å². The Morgan fingerprint density at radius 3 is 2.24 bits per heavy atom. The van der Waals surface area contributed by atoms with Gasteiger partial charge in [-0.25, -0.2) is 4.98 Å². The Morgan fingerprint density at radius 2 is 1.62 bits per heavy atom. The van der Waals surface area contributed by atoms with E-state index in [1.807, 2.05) is 30.6 Å². The molecular formula is C27H34N4O6. The van der Waals surface area contributed by atoms with Gasteiger partial charge in [0, 0.05) is 75.3 Å². The van der Waals surface area contributed by atoms with E-state index in [1.165, 1.54) is 0 Å². The number of carboxylic acid groups (broad SMARTS) is 2. The number of aliphatic carboxylic acids is 2. The highest BCUT2D eigenvalue weighted by atomic mass is 16.5. The number of benzene rings is 1. The van der Waals surface area contributed by atoms with Gasteiger partial charge in [-0.2, -0.15) is 0 Å². The van der Waals surface area contributed by atoms with Crippen molar-refractivity contribution in [2.24, 2.45) is 0 Å². The lowest BCUT2D eigenvalue weighted by Crippen LogP contribution is -2.46. The monoisotopic (exact) mass is 510 g/mol. The van der Waals surface area contributed by atoms with E-state index in [9.17, 15) is 5.11 Å². The summed E-state index contributed by atoms with van der Waals surface area (Å²) in [5, 5.41) is 24.0. The molecule has 198 valence electrons. The molecule has 4 heterocycles. The predicted molar refractivity (Wildman–Crippen MR) is 138 cm³/mol. The third-order valence-electron chi connectivity index (χ3n) is 6.09. The number of carboxylic acids is 2. The first-order valence-corrected chi connectivity index (χ1v) is 12.2. The minimum Gasteiger partial charge on any atom is -0.481 e. The van der Waals surface area contributed by atoms with Crippen LogP contribution in [-0.2, 0) is 14.3 Å². The molecule has 2 saturated heterocycles. The Morgan fingerprint density at radius 1 is 0.946 bits per heavy atom. The summed E-state index contributed by atoms with van der Waals surface area (Å²) in [6.07, 6.45) is 7.74. The summed E-state index contributed by atoms with van der Waals surface area (Å²) >= 11 is 0.